The van der Waals surface area contributed by atoms with Crippen molar-refractivity contribution in [3.8, 4) is 5.69 Å². The van der Waals surface area contributed by atoms with Crippen molar-refractivity contribution in [3.05, 3.63) is 72.3 Å². The van der Waals surface area contributed by atoms with Gasteiger partial charge in [-0.15, -0.1) is 0 Å². The van der Waals surface area contributed by atoms with Crippen LogP contribution in [0.5, 0.6) is 0 Å². The molecule has 148 valence electrons. The fraction of sp³-hybridized carbons (Fsp3) is 0.263. The summed E-state index contributed by atoms with van der Waals surface area (Å²) in [4.78, 5) is 5.64. The molecule has 0 saturated heterocycles. The Morgan fingerprint density at radius 3 is 2.25 bits per heavy atom. The zero-order valence-electron chi connectivity index (χ0n) is 15.4. The molecule has 1 unspecified atom stereocenters. The predicted molar refractivity (Wildman–Crippen MR) is 101 cm³/mol. The minimum absolute atomic E-state index is 0.0919. The summed E-state index contributed by atoms with van der Waals surface area (Å²) >= 11 is 0. The van der Waals surface area contributed by atoms with Crippen LogP contribution in [0.25, 0.3) is 5.69 Å². The Hall–Kier alpha value is -2.65. The van der Waals surface area contributed by atoms with E-state index < -0.39 is 15.6 Å². The first kappa shape index (κ1) is 20.1. The normalized spacial score (nSPS) is 13.2. The number of aromatic nitrogens is 3. The molecule has 1 aromatic heterocycles. The zero-order chi connectivity index (χ0) is 20.3. The summed E-state index contributed by atoms with van der Waals surface area (Å²) in [5, 5.41) is 4.09. The Kier molecular flexibility index (Phi) is 5.85. The van der Waals surface area contributed by atoms with Crippen molar-refractivity contribution in [2.24, 2.45) is 0 Å². The molecule has 0 spiro atoms. The van der Waals surface area contributed by atoms with Crippen LogP contribution in [0.2, 0.25) is 0 Å². The highest BCUT2D eigenvalue weighted by atomic mass is 32.2. The standard InChI is InChI=1S/C19H20F2N4O2S/c1-14(16-5-7-17(8-6-16)25-13-22-12-23-25)24(2)11-15-3-9-18(10-4-15)28(26,27)19(20)21/h3-10,12-14,19H,11H2,1-2H3. The Bertz CT molecular complexity index is 1010. The Balaban J connectivity index is 1.68. The Morgan fingerprint density at radius 1 is 1.07 bits per heavy atom. The largest absolute Gasteiger partial charge is 0.341 e. The van der Waals surface area contributed by atoms with E-state index in [1.54, 1.807) is 23.1 Å². The molecule has 0 saturated carbocycles. The second-order valence-corrected chi connectivity index (χ2v) is 8.39. The van der Waals surface area contributed by atoms with Gasteiger partial charge < -0.3 is 0 Å². The molecule has 0 radical (unpaired) electrons. The van der Waals surface area contributed by atoms with Gasteiger partial charge in [-0.3, -0.25) is 4.90 Å². The first-order valence-corrected chi connectivity index (χ1v) is 10.1. The average Bonchev–Trinajstić information content (AvgIpc) is 3.22. The number of alkyl halides is 2. The maximum absolute atomic E-state index is 12.6. The Labute approximate surface area is 162 Å². The molecule has 0 aliphatic carbocycles. The van der Waals surface area contributed by atoms with Crippen LogP contribution in [0.1, 0.15) is 24.1 Å². The molecule has 28 heavy (non-hydrogen) atoms. The van der Waals surface area contributed by atoms with Gasteiger partial charge in [0.05, 0.1) is 10.6 Å². The van der Waals surface area contributed by atoms with Crippen molar-refractivity contribution in [2.45, 2.75) is 30.2 Å². The van der Waals surface area contributed by atoms with Crippen molar-refractivity contribution < 1.29 is 17.2 Å². The summed E-state index contributed by atoms with van der Waals surface area (Å²) in [7, 11) is -2.62. The summed E-state index contributed by atoms with van der Waals surface area (Å²) in [6.07, 6.45) is 3.10. The molecule has 0 fully saturated rings. The molecule has 6 nitrogen and oxygen atoms in total. The molecule has 0 aliphatic heterocycles. The molecule has 0 amide bonds. The Morgan fingerprint density at radius 2 is 1.71 bits per heavy atom. The van der Waals surface area contributed by atoms with Gasteiger partial charge in [-0.05, 0) is 49.4 Å². The fourth-order valence-electron chi connectivity index (χ4n) is 2.81. The molecule has 1 atom stereocenters. The number of benzene rings is 2. The van der Waals surface area contributed by atoms with E-state index >= 15 is 0 Å². The molecule has 9 heteroatoms. The second kappa shape index (κ2) is 8.15. The van der Waals surface area contributed by atoms with Crippen LogP contribution in [-0.2, 0) is 16.4 Å². The molecular weight excluding hydrogens is 386 g/mol. The van der Waals surface area contributed by atoms with Crippen LogP contribution < -0.4 is 0 Å². The van der Waals surface area contributed by atoms with Crippen LogP contribution in [0, 0.1) is 0 Å². The van der Waals surface area contributed by atoms with Gasteiger partial charge in [0.15, 0.2) is 0 Å². The van der Waals surface area contributed by atoms with Gasteiger partial charge in [0, 0.05) is 12.6 Å². The highest BCUT2D eigenvalue weighted by molar-refractivity contribution is 7.91. The number of hydrogen-bond donors (Lipinski definition) is 0. The first-order valence-electron chi connectivity index (χ1n) is 8.55. The average molecular weight is 406 g/mol. The van der Waals surface area contributed by atoms with Gasteiger partial charge in [0.25, 0.3) is 0 Å². The van der Waals surface area contributed by atoms with E-state index in [0.717, 1.165) is 16.8 Å². The van der Waals surface area contributed by atoms with Crippen molar-refractivity contribution >= 4 is 9.84 Å². The first-order chi connectivity index (χ1) is 13.3. The highest BCUT2D eigenvalue weighted by Crippen LogP contribution is 2.23. The van der Waals surface area contributed by atoms with Crippen molar-refractivity contribution in [1.82, 2.24) is 19.7 Å². The molecule has 3 rings (SSSR count). The lowest BCUT2D eigenvalue weighted by Gasteiger charge is -2.25. The van der Waals surface area contributed by atoms with Gasteiger partial charge in [0.2, 0.25) is 9.84 Å². The van der Waals surface area contributed by atoms with Crippen molar-refractivity contribution in [1.29, 1.82) is 0 Å². The number of hydrogen-bond acceptors (Lipinski definition) is 5. The van der Waals surface area contributed by atoms with Gasteiger partial charge in [-0.2, -0.15) is 13.9 Å². The fourth-order valence-corrected chi connectivity index (χ4v) is 3.54. The number of nitrogens with zero attached hydrogens (tertiary/aromatic N) is 4. The van der Waals surface area contributed by atoms with Crippen molar-refractivity contribution in [3.63, 3.8) is 0 Å². The third-order valence-electron chi connectivity index (χ3n) is 4.64. The van der Waals surface area contributed by atoms with Gasteiger partial charge in [-0.25, -0.2) is 18.1 Å². The predicted octanol–water partition coefficient (Wildman–Crippen LogP) is 3.46. The van der Waals surface area contributed by atoms with Gasteiger partial charge in [-0.1, -0.05) is 24.3 Å². The molecular formula is C19H20F2N4O2S. The lowest BCUT2D eigenvalue weighted by Crippen LogP contribution is -2.22. The van der Waals surface area contributed by atoms with E-state index in [0.29, 0.717) is 6.54 Å². The minimum Gasteiger partial charge on any atom is -0.295 e. The third kappa shape index (κ3) is 4.26. The van der Waals surface area contributed by atoms with Crippen LogP contribution in [0.3, 0.4) is 0 Å². The summed E-state index contributed by atoms with van der Waals surface area (Å²) < 4.78 is 49.9. The summed E-state index contributed by atoms with van der Waals surface area (Å²) in [5.41, 5.74) is 2.84. The molecule has 2 aromatic carbocycles. The van der Waals surface area contributed by atoms with Gasteiger partial charge >= 0.3 is 5.76 Å². The summed E-state index contributed by atoms with van der Waals surface area (Å²) in [5.74, 6) is -3.42. The molecule has 0 bridgehead atoms. The van der Waals surface area contributed by atoms with Crippen LogP contribution in [0.15, 0.2) is 66.1 Å². The van der Waals surface area contributed by atoms with E-state index in [2.05, 4.69) is 21.9 Å². The monoisotopic (exact) mass is 406 g/mol. The quantitative estimate of drug-likeness (QED) is 0.601. The minimum atomic E-state index is -4.56. The molecule has 1 heterocycles. The van der Waals surface area contributed by atoms with Crippen LogP contribution in [0.4, 0.5) is 8.78 Å². The SMILES string of the molecule is CC(c1ccc(-n2cncn2)cc1)N(C)Cc1ccc(S(=O)(=O)C(F)F)cc1. The van der Waals surface area contributed by atoms with E-state index in [9.17, 15) is 17.2 Å². The summed E-state index contributed by atoms with van der Waals surface area (Å²) in [6, 6.07) is 13.6. The third-order valence-corrected chi connectivity index (χ3v) is 6.04. The number of rotatable bonds is 7. The lowest BCUT2D eigenvalue weighted by molar-refractivity contribution is 0.234. The zero-order valence-corrected chi connectivity index (χ0v) is 16.2. The van der Waals surface area contributed by atoms with E-state index in [1.807, 2.05) is 31.3 Å². The molecule has 3 aromatic rings. The maximum atomic E-state index is 12.6. The maximum Gasteiger partial charge on any atom is 0.341 e. The second-order valence-electron chi connectivity index (χ2n) is 6.47. The van der Waals surface area contributed by atoms with E-state index in [4.69, 9.17) is 0 Å². The number of halogens is 2. The highest BCUT2D eigenvalue weighted by Gasteiger charge is 2.26. The topological polar surface area (TPSA) is 68.1 Å². The number of sulfone groups is 1. The van der Waals surface area contributed by atoms with Gasteiger partial charge in [0.1, 0.15) is 12.7 Å². The molecule has 0 aliphatic rings. The lowest BCUT2D eigenvalue weighted by atomic mass is 10.1. The smallest absolute Gasteiger partial charge is 0.295 e. The van der Waals surface area contributed by atoms with E-state index in [-0.39, 0.29) is 10.9 Å². The van der Waals surface area contributed by atoms with Crippen LogP contribution >= 0.6 is 0 Å². The summed E-state index contributed by atoms with van der Waals surface area (Å²) in [6.45, 7) is 2.60. The molecule has 0 N–H and O–H groups in total. The van der Waals surface area contributed by atoms with E-state index in [1.165, 1.54) is 18.5 Å². The van der Waals surface area contributed by atoms with Crippen LogP contribution in [-0.4, -0.2) is 40.9 Å². The van der Waals surface area contributed by atoms with Crippen molar-refractivity contribution in [2.75, 3.05) is 7.05 Å².